The van der Waals surface area contributed by atoms with E-state index < -0.39 is 0 Å². The van der Waals surface area contributed by atoms with E-state index in [1.807, 2.05) is 0 Å². The van der Waals surface area contributed by atoms with Crippen LogP contribution in [0.2, 0.25) is 0 Å². The standard InChI is InChI=1S/C3H2O2.H3N/c1-2-3(4)5-2;/h1H2;1H3. The Morgan fingerprint density at radius 3 is 1.83 bits per heavy atom. The van der Waals surface area contributed by atoms with Crippen LogP contribution in [0.1, 0.15) is 0 Å². The van der Waals surface area contributed by atoms with Crippen molar-refractivity contribution in [2.45, 2.75) is 0 Å². The number of ether oxygens (including phenoxy) is 1. The van der Waals surface area contributed by atoms with Crippen LogP contribution in [-0.2, 0) is 9.53 Å². The molecule has 1 heterocycles. The molecule has 0 unspecified atom stereocenters. The van der Waals surface area contributed by atoms with Gasteiger partial charge in [-0.25, -0.2) is 4.79 Å². The lowest BCUT2D eigenvalue weighted by Gasteiger charge is -1.33. The molecule has 0 spiro atoms. The lowest BCUT2D eigenvalue weighted by Crippen LogP contribution is -1.49. The summed E-state index contributed by atoms with van der Waals surface area (Å²) >= 11 is 0. The highest BCUT2D eigenvalue weighted by molar-refractivity contribution is 5.99. The lowest BCUT2D eigenvalue weighted by atomic mass is 10.8. The van der Waals surface area contributed by atoms with Crippen molar-refractivity contribution in [3.8, 4) is 0 Å². The molecule has 0 atom stereocenters. The largest absolute Gasteiger partial charge is 0.414 e. The van der Waals surface area contributed by atoms with Gasteiger partial charge in [0.25, 0.3) is 0 Å². The summed E-state index contributed by atoms with van der Waals surface area (Å²) in [4.78, 5) is 9.56. The van der Waals surface area contributed by atoms with Crippen LogP contribution in [-0.4, -0.2) is 5.97 Å². The van der Waals surface area contributed by atoms with Crippen molar-refractivity contribution >= 4 is 5.97 Å². The van der Waals surface area contributed by atoms with Crippen LogP contribution in [0.15, 0.2) is 12.3 Å². The molecule has 0 aromatic rings. The Morgan fingerprint density at radius 2 is 1.83 bits per heavy atom. The van der Waals surface area contributed by atoms with Gasteiger partial charge in [0.05, 0.1) is 0 Å². The third-order valence-corrected chi connectivity index (χ3v) is 0.402. The highest BCUT2D eigenvalue weighted by atomic mass is 16.6. The summed E-state index contributed by atoms with van der Waals surface area (Å²) < 4.78 is 4.08. The normalized spacial score (nSPS) is 15.3. The zero-order valence-electron chi connectivity index (χ0n) is 3.23. The fourth-order valence-electron chi connectivity index (χ4n) is 0.0864. The smallest absolute Gasteiger partial charge is 0.379 e. The molecule has 0 aromatic heterocycles. The van der Waals surface area contributed by atoms with E-state index in [-0.39, 0.29) is 17.9 Å². The van der Waals surface area contributed by atoms with Gasteiger partial charge in [0.1, 0.15) is 0 Å². The van der Waals surface area contributed by atoms with Crippen molar-refractivity contribution in [1.29, 1.82) is 0 Å². The number of carbonyl (C=O) groups excluding carboxylic acids is 1. The maximum Gasteiger partial charge on any atom is 0.379 e. The summed E-state index contributed by atoms with van der Waals surface area (Å²) in [6.45, 7) is 3.18. The highest BCUT2D eigenvalue weighted by Gasteiger charge is 2.26. The number of rotatable bonds is 0. The molecule has 1 aliphatic heterocycles. The number of hydrogen-bond acceptors (Lipinski definition) is 3. The molecule has 3 heteroatoms. The van der Waals surface area contributed by atoms with Gasteiger partial charge in [0.15, 0.2) is 0 Å². The van der Waals surface area contributed by atoms with Crippen LogP contribution < -0.4 is 6.15 Å². The van der Waals surface area contributed by atoms with E-state index in [0.717, 1.165) is 0 Å². The molecule has 0 radical (unpaired) electrons. The topological polar surface area (TPSA) is 64.6 Å². The van der Waals surface area contributed by atoms with Gasteiger partial charge in [0, 0.05) is 0 Å². The van der Waals surface area contributed by atoms with Crippen molar-refractivity contribution in [1.82, 2.24) is 6.15 Å². The molecule has 1 fully saturated rings. The summed E-state index contributed by atoms with van der Waals surface area (Å²) in [7, 11) is 0. The number of cyclic esters (lactones) is 1. The van der Waals surface area contributed by atoms with Gasteiger partial charge < -0.3 is 10.9 Å². The first-order chi connectivity index (χ1) is 2.30. The maximum atomic E-state index is 9.56. The van der Waals surface area contributed by atoms with E-state index in [1.165, 1.54) is 0 Å². The second kappa shape index (κ2) is 1.10. The molecule has 3 nitrogen and oxygen atoms in total. The van der Waals surface area contributed by atoms with E-state index in [1.54, 1.807) is 0 Å². The first-order valence-corrected chi connectivity index (χ1v) is 1.22. The summed E-state index contributed by atoms with van der Waals surface area (Å²) in [5, 5.41) is 0. The Labute approximate surface area is 35.2 Å². The number of epoxide rings is 1. The summed E-state index contributed by atoms with van der Waals surface area (Å²) in [6.07, 6.45) is 0. The summed E-state index contributed by atoms with van der Waals surface area (Å²) in [5.74, 6) is 0.00926. The first kappa shape index (κ1) is 5.17. The van der Waals surface area contributed by atoms with Crippen molar-refractivity contribution in [3.63, 3.8) is 0 Å². The van der Waals surface area contributed by atoms with Crippen LogP contribution in [0, 0.1) is 0 Å². The van der Waals surface area contributed by atoms with Gasteiger partial charge in [-0.05, 0) is 6.58 Å². The zero-order chi connectivity index (χ0) is 3.86. The molecule has 3 N–H and O–H groups in total. The summed E-state index contributed by atoms with van der Waals surface area (Å²) in [5.41, 5.74) is 0. The quantitative estimate of drug-likeness (QED) is 0.339. The Balaban J connectivity index is 0.000000250. The molecule has 0 aromatic carbocycles. The fourth-order valence-corrected chi connectivity index (χ4v) is 0.0864. The summed E-state index contributed by atoms with van der Waals surface area (Å²) in [6, 6.07) is 0. The van der Waals surface area contributed by atoms with E-state index in [4.69, 9.17) is 0 Å². The minimum Gasteiger partial charge on any atom is -0.414 e. The van der Waals surface area contributed by atoms with Crippen LogP contribution in [0.4, 0.5) is 0 Å². The maximum absolute atomic E-state index is 9.56. The van der Waals surface area contributed by atoms with E-state index in [2.05, 4.69) is 11.3 Å². The Bertz CT molecular complexity index is 85.0. The van der Waals surface area contributed by atoms with E-state index in [9.17, 15) is 4.79 Å². The Hall–Kier alpha value is -0.830. The monoisotopic (exact) mass is 87.0 g/mol. The predicted molar refractivity (Wildman–Crippen MR) is 20.3 cm³/mol. The van der Waals surface area contributed by atoms with Crippen molar-refractivity contribution in [2.24, 2.45) is 0 Å². The molecule has 1 saturated heterocycles. The number of carbonyl (C=O) groups is 1. The minimum atomic E-state index is -0.273. The highest BCUT2D eigenvalue weighted by Crippen LogP contribution is 2.11. The fraction of sp³-hybridized carbons (Fsp3) is 0. The second-order valence-electron chi connectivity index (χ2n) is 0.813. The van der Waals surface area contributed by atoms with Crippen LogP contribution in [0.3, 0.4) is 0 Å². The second-order valence-corrected chi connectivity index (χ2v) is 0.813. The lowest BCUT2D eigenvalue weighted by molar-refractivity contribution is -0.117. The molecular weight excluding hydrogens is 82.0 g/mol. The van der Waals surface area contributed by atoms with Crippen molar-refractivity contribution in [3.05, 3.63) is 12.3 Å². The molecule has 1 aliphatic rings. The molecule has 0 aliphatic carbocycles. The third-order valence-electron chi connectivity index (χ3n) is 0.402. The average molecular weight is 87.1 g/mol. The van der Waals surface area contributed by atoms with Gasteiger partial charge in [-0.2, -0.15) is 0 Å². The van der Waals surface area contributed by atoms with Crippen molar-refractivity contribution in [2.75, 3.05) is 0 Å². The van der Waals surface area contributed by atoms with Gasteiger partial charge in [0.2, 0.25) is 5.76 Å². The van der Waals surface area contributed by atoms with Crippen LogP contribution >= 0.6 is 0 Å². The Morgan fingerprint density at radius 1 is 1.67 bits per heavy atom. The van der Waals surface area contributed by atoms with E-state index >= 15 is 0 Å². The molecule has 6 heavy (non-hydrogen) atoms. The molecule has 0 bridgehead atoms. The van der Waals surface area contributed by atoms with Crippen LogP contribution in [0.25, 0.3) is 0 Å². The molecular formula is C3H5NO2. The third kappa shape index (κ3) is 0.558. The Kier molecular flexibility index (Phi) is 0.948. The molecule has 1 rings (SSSR count). The van der Waals surface area contributed by atoms with Crippen molar-refractivity contribution < 1.29 is 9.53 Å². The van der Waals surface area contributed by atoms with Crippen LogP contribution in [0.5, 0.6) is 0 Å². The van der Waals surface area contributed by atoms with Gasteiger partial charge >= 0.3 is 5.97 Å². The number of hydrogen-bond donors (Lipinski definition) is 1. The first-order valence-electron chi connectivity index (χ1n) is 1.22. The zero-order valence-corrected chi connectivity index (χ0v) is 3.23. The van der Waals surface area contributed by atoms with Gasteiger partial charge in [-0.15, -0.1) is 0 Å². The molecule has 34 valence electrons. The van der Waals surface area contributed by atoms with E-state index in [0.29, 0.717) is 0 Å². The average Bonchev–Trinajstić information content (AvgIpc) is 1.79. The van der Waals surface area contributed by atoms with Gasteiger partial charge in [-0.3, -0.25) is 0 Å². The molecule has 0 amide bonds. The predicted octanol–water partition coefficient (Wildman–Crippen LogP) is 0.219. The minimum absolute atomic E-state index is 0. The SMILES string of the molecule is C=C1OC1=O.N. The van der Waals surface area contributed by atoms with Gasteiger partial charge in [-0.1, -0.05) is 0 Å². The molecule has 0 saturated carbocycles.